The molecule has 5 rings (SSSR count). The zero-order valence-corrected chi connectivity index (χ0v) is 21.8. The van der Waals surface area contributed by atoms with Crippen molar-refractivity contribution < 1.29 is 18.9 Å². The highest BCUT2D eigenvalue weighted by molar-refractivity contribution is 6.04. The second kappa shape index (κ2) is 9.90. The Morgan fingerprint density at radius 1 is 1.08 bits per heavy atom. The number of nitro groups is 1. The van der Waals surface area contributed by atoms with Crippen LogP contribution >= 0.6 is 0 Å². The number of carbonyl (C=O) groups is 2. The number of nitro benzene ring substituents is 1. The fraction of sp³-hybridized carbons (Fsp3) is 0.233. The van der Waals surface area contributed by atoms with E-state index in [0.717, 1.165) is 11.1 Å². The molecule has 0 fully saturated rings. The molecule has 1 aliphatic rings. The Labute approximate surface area is 224 Å². The Balaban J connectivity index is 1.58. The molecule has 3 aromatic carbocycles. The van der Waals surface area contributed by atoms with Crippen LogP contribution < -0.4 is 0 Å². The number of hydrogen-bond donors (Lipinski definition) is 0. The first-order chi connectivity index (χ1) is 18.5. The topological polar surface area (TPSA) is 98.3 Å². The summed E-state index contributed by atoms with van der Waals surface area (Å²) in [5.74, 6) is -0.846. The third-order valence-electron chi connectivity index (χ3n) is 6.92. The van der Waals surface area contributed by atoms with Gasteiger partial charge in [0, 0.05) is 37.2 Å². The van der Waals surface area contributed by atoms with Crippen LogP contribution in [0.1, 0.15) is 52.2 Å². The standard InChI is InChI=1S/C30H27FN4O4/c1-30(2)16-25-27(26(36)17-30)28(20-7-5-4-6-8-20)32-34(25)23-14-11-21(15-24(23)35(38)39)29(37)33(3)18-19-9-12-22(31)13-10-19/h4-15H,16-18H2,1-3H3. The normalized spacial score (nSPS) is 14.1. The summed E-state index contributed by atoms with van der Waals surface area (Å²) in [6, 6.07) is 19.3. The number of amides is 1. The highest BCUT2D eigenvalue weighted by atomic mass is 19.1. The van der Waals surface area contributed by atoms with Crippen molar-refractivity contribution in [1.29, 1.82) is 0 Å². The quantitative estimate of drug-likeness (QED) is 0.226. The molecule has 0 atom stereocenters. The van der Waals surface area contributed by atoms with Crippen molar-refractivity contribution in [3.8, 4) is 16.9 Å². The lowest BCUT2D eigenvalue weighted by atomic mass is 9.75. The maximum atomic E-state index is 13.3. The van der Waals surface area contributed by atoms with Crippen LogP contribution in [0.3, 0.4) is 0 Å². The Kier molecular flexibility index (Phi) is 6.59. The van der Waals surface area contributed by atoms with Gasteiger partial charge in [-0.15, -0.1) is 0 Å². The first-order valence-electron chi connectivity index (χ1n) is 12.5. The summed E-state index contributed by atoms with van der Waals surface area (Å²) in [6.07, 6.45) is 0.855. The summed E-state index contributed by atoms with van der Waals surface area (Å²) >= 11 is 0. The summed E-state index contributed by atoms with van der Waals surface area (Å²) < 4.78 is 14.7. The average Bonchev–Trinajstić information content (AvgIpc) is 3.28. The van der Waals surface area contributed by atoms with Crippen LogP contribution in [0.4, 0.5) is 10.1 Å². The number of aromatic nitrogens is 2. The van der Waals surface area contributed by atoms with Gasteiger partial charge in [0.15, 0.2) is 5.78 Å². The van der Waals surface area contributed by atoms with E-state index in [1.54, 1.807) is 19.2 Å². The van der Waals surface area contributed by atoms with Gasteiger partial charge in [0.2, 0.25) is 0 Å². The van der Waals surface area contributed by atoms with Crippen molar-refractivity contribution >= 4 is 17.4 Å². The van der Waals surface area contributed by atoms with Gasteiger partial charge < -0.3 is 4.90 Å². The fourth-order valence-electron chi connectivity index (χ4n) is 5.08. The van der Waals surface area contributed by atoms with Crippen LogP contribution in [-0.4, -0.2) is 38.3 Å². The molecule has 0 radical (unpaired) electrons. The minimum Gasteiger partial charge on any atom is -0.337 e. The highest BCUT2D eigenvalue weighted by Crippen LogP contribution is 2.41. The Morgan fingerprint density at radius 3 is 2.44 bits per heavy atom. The minimum absolute atomic E-state index is 0.0526. The van der Waals surface area contributed by atoms with Gasteiger partial charge in [0.1, 0.15) is 17.2 Å². The number of hydrogen-bond acceptors (Lipinski definition) is 5. The molecule has 0 N–H and O–H groups in total. The number of carbonyl (C=O) groups excluding carboxylic acids is 2. The molecular formula is C30H27FN4O4. The summed E-state index contributed by atoms with van der Waals surface area (Å²) in [5, 5.41) is 17.0. The lowest BCUT2D eigenvalue weighted by molar-refractivity contribution is -0.384. The molecule has 0 unspecified atom stereocenters. The number of ketones is 1. The minimum atomic E-state index is -0.544. The second-order valence-electron chi connectivity index (χ2n) is 10.6. The van der Waals surface area contributed by atoms with Crippen molar-refractivity contribution in [3.63, 3.8) is 0 Å². The van der Waals surface area contributed by atoms with Crippen molar-refractivity contribution in [1.82, 2.24) is 14.7 Å². The first-order valence-corrected chi connectivity index (χ1v) is 12.5. The first kappa shape index (κ1) is 26.0. The van der Waals surface area contributed by atoms with E-state index in [2.05, 4.69) is 0 Å². The smallest absolute Gasteiger partial charge is 0.295 e. The number of halogens is 1. The number of nitrogens with zero attached hydrogens (tertiary/aromatic N) is 4. The van der Waals surface area contributed by atoms with Gasteiger partial charge in [-0.05, 0) is 41.7 Å². The zero-order chi connectivity index (χ0) is 27.9. The van der Waals surface area contributed by atoms with E-state index < -0.39 is 10.8 Å². The molecule has 1 aromatic heterocycles. The van der Waals surface area contributed by atoms with Crippen LogP contribution in [0, 0.1) is 21.3 Å². The molecule has 1 amide bonds. The van der Waals surface area contributed by atoms with E-state index in [4.69, 9.17) is 5.10 Å². The molecule has 0 saturated heterocycles. The van der Waals surface area contributed by atoms with Crippen molar-refractivity contribution in [2.75, 3.05) is 7.05 Å². The Bertz CT molecular complexity index is 1590. The van der Waals surface area contributed by atoms with Crippen LogP contribution in [0.5, 0.6) is 0 Å². The van der Waals surface area contributed by atoms with Gasteiger partial charge in [-0.1, -0.05) is 56.3 Å². The maximum Gasteiger partial charge on any atom is 0.295 e. The van der Waals surface area contributed by atoms with Crippen LogP contribution in [-0.2, 0) is 13.0 Å². The SMILES string of the molecule is CN(Cc1ccc(F)cc1)C(=O)c1ccc(-n2nc(-c3ccccc3)c3c2CC(C)(C)CC3=O)c([N+](=O)[O-])c1. The van der Waals surface area contributed by atoms with E-state index in [1.165, 1.54) is 39.9 Å². The molecule has 1 heterocycles. The van der Waals surface area contributed by atoms with Gasteiger partial charge >= 0.3 is 0 Å². The predicted molar refractivity (Wildman–Crippen MR) is 144 cm³/mol. The van der Waals surface area contributed by atoms with Crippen molar-refractivity contribution in [2.45, 2.75) is 33.2 Å². The second-order valence-corrected chi connectivity index (χ2v) is 10.6. The average molecular weight is 527 g/mol. The third kappa shape index (κ3) is 5.07. The third-order valence-corrected chi connectivity index (χ3v) is 6.92. The molecule has 4 aromatic rings. The summed E-state index contributed by atoms with van der Waals surface area (Å²) in [7, 11) is 1.58. The lowest BCUT2D eigenvalue weighted by Crippen LogP contribution is -2.28. The number of fused-ring (bicyclic) bond motifs is 1. The molecule has 0 spiro atoms. The van der Waals surface area contributed by atoms with Crippen LogP contribution in [0.2, 0.25) is 0 Å². The van der Waals surface area contributed by atoms with E-state index in [0.29, 0.717) is 29.8 Å². The van der Waals surface area contributed by atoms with E-state index in [-0.39, 0.29) is 40.5 Å². The molecule has 198 valence electrons. The zero-order valence-electron chi connectivity index (χ0n) is 21.8. The Morgan fingerprint density at radius 2 is 1.77 bits per heavy atom. The van der Waals surface area contributed by atoms with Gasteiger partial charge in [-0.25, -0.2) is 9.07 Å². The molecule has 1 aliphatic carbocycles. The van der Waals surface area contributed by atoms with Gasteiger partial charge in [-0.3, -0.25) is 19.7 Å². The highest BCUT2D eigenvalue weighted by Gasteiger charge is 2.38. The van der Waals surface area contributed by atoms with E-state index in [1.807, 2.05) is 44.2 Å². The molecular weight excluding hydrogens is 499 g/mol. The predicted octanol–water partition coefficient (Wildman–Crippen LogP) is 6.01. The van der Waals surface area contributed by atoms with Crippen LogP contribution in [0.25, 0.3) is 16.9 Å². The molecule has 0 bridgehead atoms. The summed E-state index contributed by atoms with van der Waals surface area (Å²) in [6.45, 7) is 4.18. The molecule has 0 saturated carbocycles. The maximum absolute atomic E-state index is 13.3. The number of Topliss-reactive ketones (excluding diaryl/α,β-unsaturated/α-hetero) is 1. The van der Waals surface area contributed by atoms with Crippen molar-refractivity contribution in [3.05, 3.63) is 111 Å². The van der Waals surface area contributed by atoms with Gasteiger partial charge in [0.05, 0.1) is 16.2 Å². The van der Waals surface area contributed by atoms with Gasteiger partial charge in [-0.2, -0.15) is 5.10 Å². The van der Waals surface area contributed by atoms with Crippen molar-refractivity contribution in [2.24, 2.45) is 5.41 Å². The summed E-state index contributed by atoms with van der Waals surface area (Å²) in [4.78, 5) is 39.5. The molecule has 9 heteroatoms. The van der Waals surface area contributed by atoms with Gasteiger partial charge in [0.25, 0.3) is 11.6 Å². The number of benzene rings is 3. The fourth-order valence-corrected chi connectivity index (χ4v) is 5.08. The molecule has 0 aliphatic heterocycles. The molecule has 39 heavy (non-hydrogen) atoms. The largest absolute Gasteiger partial charge is 0.337 e. The van der Waals surface area contributed by atoms with E-state index in [9.17, 15) is 24.1 Å². The van der Waals surface area contributed by atoms with E-state index >= 15 is 0 Å². The molecule has 8 nitrogen and oxygen atoms in total. The van der Waals surface area contributed by atoms with Crippen LogP contribution in [0.15, 0.2) is 72.8 Å². The lowest BCUT2D eigenvalue weighted by Gasteiger charge is -2.29. The monoisotopic (exact) mass is 526 g/mol. The number of rotatable bonds is 6. The summed E-state index contributed by atoms with van der Waals surface area (Å²) in [5.41, 5.74) is 2.73. The Hall–Kier alpha value is -4.66.